The van der Waals surface area contributed by atoms with Crippen molar-refractivity contribution in [3.05, 3.63) is 70.7 Å². The maximum absolute atomic E-state index is 11.8. The van der Waals surface area contributed by atoms with Crippen LogP contribution in [0.5, 0.6) is 0 Å². The zero-order chi connectivity index (χ0) is 16.9. The summed E-state index contributed by atoms with van der Waals surface area (Å²) in [5.41, 5.74) is 2.88. The number of rotatable bonds is 7. The number of imidazole rings is 1. The number of benzene rings is 1. The predicted octanol–water partition coefficient (Wildman–Crippen LogP) is 2.41. The Morgan fingerprint density at radius 3 is 2.71 bits per heavy atom. The summed E-state index contributed by atoms with van der Waals surface area (Å²) in [6.45, 7) is 5.91. The lowest BCUT2D eigenvalue weighted by Crippen LogP contribution is -2.21. The van der Waals surface area contributed by atoms with E-state index >= 15 is 0 Å². The molecule has 1 atom stereocenters. The fourth-order valence-electron chi connectivity index (χ4n) is 2.80. The van der Waals surface area contributed by atoms with Crippen molar-refractivity contribution in [2.45, 2.75) is 32.9 Å². The van der Waals surface area contributed by atoms with Crippen LogP contribution in [0.1, 0.15) is 30.6 Å². The molecule has 0 saturated carbocycles. The summed E-state index contributed by atoms with van der Waals surface area (Å²) < 4.78 is 3.62. The molecule has 0 spiro atoms. The normalized spacial score (nSPS) is 12.4. The smallest absolute Gasteiger partial charge is 0.312 e. The Hall–Kier alpha value is -2.60. The Morgan fingerprint density at radius 1 is 1.29 bits per heavy atom. The number of nitrogens with zero attached hydrogens (tertiary/aromatic N) is 3. The van der Waals surface area contributed by atoms with Crippen LogP contribution in [-0.4, -0.2) is 25.9 Å². The van der Waals surface area contributed by atoms with E-state index in [1.54, 1.807) is 17.0 Å². The summed E-state index contributed by atoms with van der Waals surface area (Å²) in [6.07, 6.45) is 6.53. The molecular formula is C18H23N5O. The van der Waals surface area contributed by atoms with Gasteiger partial charge in [0.25, 0.3) is 0 Å². The van der Waals surface area contributed by atoms with Crippen LogP contribution >= 0.6 is 0 Å². The van der Waals surface area contributed by atoms with E-state index in [-0.39, 0.29) is 11.7 Å². The van der Waals surface area contributed by atoms with E-state index in [1.807, 2.05) is 36.0 Å². The summed E-state index contributed by atoms with van der Waals surface area (Å²) in [7, 11) is 0. The molecule has 0 fully saturated rings. The zero-order valence-corrected chi connectivity index (χ0v) is 14.1. The van der Waals surface area contributed by atoms with Gasteiger partial charge in [-0.1, -0.05) is 12.1 Å². The van der Waals surface area contributed by atoms with Gasteiger partial charge in [0.15, 0.2) is 0 Å². The average Bonchev–Trinajstić information content (AvgIpc) is 3.22. The molecule has 0 unspecified atom stereocenters. The lowest BCUT2D eigenvalue weighted by atomic mass is 10.1. The summed E-state index contributed by atoms with van der Waals surface area (Å²) in [5.74, 6) is 0. The van der Waals surface area contributed by atoms with E-state index in [9.17, 15) is 4.79 Å². The van der Waals surface area contributed by atoms with Crippen LogP contribution in [0.15, 0.2) is 53.7 Å². The Morgan fingerprint density at radius 2 is 2.08 bits per heavy atom. The van der Waals surface area contributed by atoms with Gasteiger partial charge >= 0.3 is 5.69 Å². The number of hydrogen-bond acceptors (Lipinski definition) is 3. The maximum Gasteiger partial charge on any atom is 0.330 e. The van der Waals surface area contributed by atoms with Gasteiger partial charge < -0.3 is 10.3 Å². The summed E-state index contributed by atoms with van der Waals surface area (Å²) in [6, 6.07) is 10.3. The minimum absolute atomic E-state index is 0.106. The SMILES string of the molecule is Cc1c[nH]c(=O)n1-c1ccc([C@H](C)NCCCn2cccn2)cc1. The first kappa shape index (κ1) is 16.3. The van der Waals surface area contributed by atoms with E-state index in [2.05, 4.69) is 34.5 Å². The van der Waals surface area contributed by atoms with Gasteiger partial charge in [0.05, 0.1) is 5.69 Å². The van der Waals surface area contributed by atoms with Crippen molar-refractivity contribution in [2.24, 2.45) is 0 Å². The van der Waals surface area contributed by atoms with Crippen molar-refractivity contribution >= 4 is 0 Å². The highest BCUT2D eigenvalue weighted by molar-refractivity contribution is 5.37. The fraction of sp³-hybridized carbons (Fsp3) is 0.333. The van der Waals surface area contributed by atoms with Gasteiger partial charge in [0.2, 0.25) is 0 Å². The van der Waals surface area contributed by atoms with Crippen LogP contribution in [0, 0.1) is 6.92 Å². The molecule has 0 aliphatic carbocycles. The van der Waals surface area contributed by atoms with Crippen LogP contribution in [0.25, 0.3) is 5.69 Å². The van der Waals surface area contributed by atoms with Gasteiger partial charge in [-0.05, 0) is 50.6 Å². The summed E-state index contributed by atoms with van der Waals surface area (Å²) in [4.78, 5) is 14.5. The second-order valence-electron chi connectivity index (χ2n) is 5.96. The van der Waals surface area contributed by atoms with E-state index in [1.165, 1.54) is 5.56 Å². The van der Waals surface area contributed by atoms with Crippen LogP contribution in [0.3, 0.4) is 0 Å². The first-order chi connectivity index (χ1) is 11.6. The van der Waals surface area contributed by atoms with Gasteiger partial charge in [-0.15, -0.1) is 0 Å². The molecule has 0 aliphatic heterocycles. The number of nitrogens with one attached hydrogen (secondary N) is 2. The Bertz CT molecular complexity index is 814. The van der Waals surface area contributed by atoms with Crippen molar-refractivity contribution in [3.63, 3.8) is 0 Å². The van der Waals surface area contributed by atoms with Gasteiger partial charge in [0.1, 0.15) is 0 Å². The first-order valence-electron chi connectivity index (χ1n) is 8.23. The number of aromatic nitrogens is 4. The molecule has 3 rings (SSSR count). The quantitative estimate of drug-likeness (QED) is 0.656. The molecule has 0 saturated heterocycles. The minimum atomic E-state index is -0.106. The molecule has 126 valence electrons. The summed E-state index contributed by atoms with van der Waals surface area (Å²) >= 11 is 0. The van der Waals surface area contributed by atoms with Crippen molar-refractivity contribution in [1.29, 1.82) is 0 Å². The van der Waals surface area contributed by atoms with E-state index < -0.39 is 0 Å². The van der Waals surface area contributed by atoms with Crippen LogP contribution in [0.4, 0.5) is 0 Å². The topological polar surface area (TPSA) is 67.6 Å². The number of aryl methyl sites for hydroxylation is 2. The van der Waals surface area contributed by atoms with E-state index in [0.717, 1.165) is 30.9 Å². The third-order valence-electron chi connectivity index (χ3n) is 4.19. The van der Waals surface area contributed by atoms with Crippen molar-refractivity contribution in [3.8, 4) is 5.69 Å². The van der Waals surface area contributed by atoms with Gasteiger partial charge in [-0.2, -0.15) is 5.10 Å². The summed E-state index contributed by atoms with van der Waals surface area (Å²) in [5, 5.41) is 7.72. The second-order valence-corrected chi connectivity index (χ2v) is 5.96. The number of hydrogen-bond donors (Lipinski definition) is 2. The van der Waals surface area contributed by atoms with Gasteiger partial charge in [0, 0.05) is 36.9 Å². The Balaban J connectivity index is 1.56. The largest absolute Gasteiger partial charge is 0.330 e. The van der Waals surface area contributed by atoms with E-state index in [4.69, 9.17) is 0 Å². The minimum Gasteiger partial charge on any atom is -0.312 e. The average molecular weight is 325 g/mol. The Kier molecular flexibility index (Phi) is 4.96. The molecule has 1 aromatic carbocycles. The molecule has 0 amide bonds. The molecule has 2 heterocycles. The molecule has 6 heteroatoms. The van der Waals surface area contributed by atoms with Crippen molar-refractivity contribution in [2.75, 3.05) is 6.54 Å². The maximum atomic E-state index is 11.8. The van der Waals surface area contributed by atoms with Gasteiger partial charge in [-0.3, -0.25) is 9.25 Å². The highest BCUT2D eigenvalue weighted by Gasteiger charge is 2.07. The third-order valence-corrected chi connectivity index (χ3v) is 4.19. The second kappa shape index (κ2) is 7.31. The lowest BCUT2D eigenvalue weighted by molar-refractivity contribution is 0.507. The van der Waals surface area contributed by atoms with Crippen LogP contribution in [-0.2, 0) is 6.54 Å². The van der Waals surface area contributed by atoms with Crippen LogP contribution < -0.4 is 11.0 Å². The van der Waals surface area contributed by atoms with Gasteiger partial charge in [-0.25, -0.2) is 4.79 Å². The highest BCUT2D eigenvalue weighted by Crippen LogP contribution is 2.15. The standard InChI is InChI=1S/C18H23N5O/c1-14-13-20-18(24)23(14)17-7-5-16(6-8-17)15(2)19-9-3-11-22-12-4-10-21-22/h4-8,10,12-13,15,19H,3,9,11H2,1-2H3,(H,20,24)/t15-/m0/s1. The molecule has 6 nitrogen and oxygen atoms in total. The van der Waals surface area contributed by atoms with Crippen molar-refractivity contribution in [1.82, 2.24) is 24.6 Å². The number of aromatic amines is 1. The molecule has 0 radical (unpaired) electrons. The molecule has 24 heavy (non-hydrogen) atoms. The fourth-order valence-corrected chi connectivity index (χ4v) is 2.80. The molecule has 3 aromatic rings. The molecule has 0 aliphatic rings. The van der Waals surface area contributed by atoms with Crippen LogP contribution in [0.2, 0.25) is 0 Å². The lowest BCUT2D eigenvalue weighted by Gasteiger charge is -2.15. The molecular weight excluding hydrogens is 302 g/mol. The monoisotopic (exact) mass is 325 g/mol. The molecule has 2 N–H and O–H groups in total. The van der Waals surface area contributed by atoms with E-state index in [0.29, 0.717) is 0 Å². The zero-order valence-electron chi connectivity index (χ0n) is 14.1. The highest BCUT2D eigenvalue weighted by atomic mass is 16.1. The Labute approximate surface area is 141 Å². The molecule has 2 aromatic heterocycles. The third kappa shape index (κ3) is 3.65. The first-order valence-corrected chi connectivity index (χ1v) is 8.23. The molecule has 0 bridgehead atoms. The van der Waals surface area contributed by atoms with Crippen molar-refractivity contribution < 1.29 is 0 Å². The predicted molar refractivity (Wildman–Crippen MR) is 94.4 cm³/mol. The number of H-pyrrole nitrogens is 1.